The fraction of sp³-hybridized carbons (Fsp3) is 0.267. The van der Waals surface area contributed by atoms with E-state index in [1.54, 1.807) is 18.3 Å². The normalized spacial score (nSPS) is 12.4. The summed E-state index contributed by atoms with van der Waals surface area (Å²) in [6, 6.07) is 6.65. The highest BCUT2D eigenvalue weighted by molar-refractivity contribution is 9.10. The molecule has 0 aliphatic rings. The molecule has 1 atom stereocenters. The van der Waals surface area contributed by atoms with Crippen molar-refractivity contribution in [2.45, 2.75) is 19.9 Å². The third-order valence-electron chi connectivity index (χ3n) is 3.07. The van der Waals surface area contributed by atoms with E-state index in [1.807, 2.05) is 26.1 Å². The topological polar surface area (TPSA) is 24.9 Å². The van der Waals surface area contributed by atoms with Crippen molar-refractivity contribution in [3.63, 3.8) is 0 Å². The van der Waals surface area contributed by atoms with E-state index >= 15 is 0 Å². The predicted molar refractivity (Wildman–Crippen MR) is 78.6 cm³/mol. The van der Waals surface area contributed by atoms with Gasteiger partial charge in [0.15, 0.2) is 0 Å². The summed E-state index contributed by atoms with van der Waals surface area (Å²) in [6.45, 7) is 4.86. The maximum absolute atomic E-state index is 13.5. The molecule has 1 heterocycles. The number of hydrogen-bond acceptors (Lipinski definition) is 2. The molecule has 19 heavy (non-hydrogen) atoms. The molecule has 0 radical (unpaired) electrons. The van der Waals surface area contributed by atoms with Crippen LogP contribution in [0.5, 0.6) is 0 Å². The van der Waals surface area contributed by atoms with Crippen LogP contribution in [0.3, 0.4) is 0 Å². The fourth-order valence-electron chi connectivity index (χ4n) is 2.11. The Morgan fingerprint density at radius 1 is 1.32 bits per heavy atom. The van der Waals surface area contributed by atoms with E-state index in [0.717, 1.165) is 27.7 Å². The quantitative estimate of drug-likeness (QED) is 0.920. The van der Waals surface area contributed by atoms with Crippen LogP contribution in [0.4, 0.5) is 4.39 Å². The van der Waals surface area contributed by atoms with E-state index < -0.39 is 0 Å². The molecule has 2 rings (SSSR count). The molecule has 0 aliphatic carbocycles. The molecule has 1 N–H and O–H groups in total. The average molecular weight is 323 g/mol. The molecule has 0 spiro atoms. The van der Waals surface area contributed by atoms with Crippen LogP contribution >= 0.6 is 15.9 Å². The summed E-state index contributed by atoms with van der Waals surface area (Å²) in [6.07, 6.45) is 3.60. The Bertz CT molecular complexity index is 572. The van der Waals surface area contributed by atoms with Crippen LogP contribution in [0.15, 0.2) is 41.1 Å². The van der Waals surface area contributed by atoms with Crippen LogP contribution in [0.25, 0.3) is 0 Å². The average Bonchev–Trinajstić information content (AvgIpc) is 2.40. The summed E-state index contributed by atoms with van der Waals surface area (Å²) >= 11 is 3.50. The minimum absolute atomic E-state index is 0.0659. The largest absolute Gasteiger partial charge is 0.306 e. The number of aryl methyl sites for hydroxylation is 1. The molecular weight excluding hydrogens is 307 g/mol. The van der Waals surface area contributed by atoms with Crippen LogP contribution in [-0.4, -0.2) is 11.5 Å². The van der Waals surface area contributed by atoms with Crippen molar-refractivity contribution >= 4 is 15.9 Å². The van der Waals surface area contributed by atoms with Gasteiger partial charge in [-0.25, -0.2) is 4.39 Å². The molecule has 2 nitrogen and oxygen atoms in total. The Morgan fingerprint density at radius 2 is 2.11 bits per heavy atom. The molecule has 0 amide bonds. The van der Waals surface area contributed by atoms with Crippen molar-refractivity contribution in [1.29, 1.82) is 0 Å². The molecule has 0 saturated heterocycles. The SMILES string of the molecule is CCNC(c1cnccc1C)c1cc(F)ccc1Br. The highest BCUT2D eigenvalue weighted by atomic mass is 79.9. The number of nitrogens with zero attached hydrogens (tertiary/aromatic N) is 1. The first kappa shape index (κ1) is 14.2. The Balaban J connectivity index is 2.51. The molecule has 1 unspecified atom stereocenters. The number of halogens is 2. The second kappa shape index (κ2) is 6.26. The van der Waals surface area contributed by atoms with Gasteiger partial charge in [0.05, 0.1) is 6.04 Å². The van der Waals surface area contributed by atoms with Gasteiger partial charge >= 0.3 is 0 Å². The standard InChI is InChI=1S/C15H16BrFN2/c1-3-19-15(13-9-18-7-6-10(13)2)12-8-11(17)4-5-14(12)16/h4-9,15,19H,3H2,1-2H3. The zero-order valence-corrected chi connectivity index (χ0v) is 12.5. The highest BCUT2D eigenvalue weighted by Crippen LogP contribution is 2.30. The van der Waals surface area contributed by atoms with Gasteiger partial charge in [0.25, 0.3) is 0 Å². The third-order valence-corrected chi connectivity index (χ3v) is 3.79. The van der Waals surface area contributed by atoms with Gasteiger partial charge in [-0.15, -0.1) is 0 Å². The lowest BCUT2D eigenvalue weighted by molar-refractivity contribution is 0.599. The number of benzene rings is 1. The van der Waals surface area contributed by atoms with Gasteiger partial charge in [0.1, 0.15) is 5.82 Å². The Kier molecular flexibility index (Phi) is 4.66. The second-order valence-electron chi connectivity index (χ2n) is 4.39. The van der Waals surface area contributed by atoms with Crippen LogP contribution in [0.2, 0.25) is 0 Å². The lowest BCUT2D eigenvalue weighted by Crippen LogP contribution is -2.23. The van der Waals surface area contributed by atoms with E-state index in [2.05, 4.69) is 26.2 Å². The minimum Gasteiger partial charge on any atom is -0.306 e. The molecule has 100 valence electrons. The van der Waals surface area contributed by atoms with Crippen LogP contribution < -0.4 is 5.32 Å². The monoisotopic (exact) mass is 322 g/mol. The maximum atomic E-state index is 13.5. The fourth-order valence-corrected chi connectivity index (χ4v) is 2.58. The van der Waals surface area contributed by atoms with Crippen molar-refractivity contribution in [1.82, 2.24) is 10.3 Å². The smallest absolute Gasteiger partial charge is 0.123 e. The van der Waals surface area contributed by atoms with Gasteiger partial charge in [0, 0.05) is 16.9 Å². The number of hydrogen-bond donors (Lipinski definition) is 1. The van der Waals surface area contributed by atoms with Gasteiger partial charge < -0.3 is 5.32 Å². The van der Waals surface area contributed by atoms with Crippen LogP contribution in [-0.2, 0) is 0 Å². The second-order valence-corrected chi connectivity index (χ2v) is 5.24. The van der Waals surface area contributed by atoms with Crippen molar-refractivity contribution in [2.24, 2.45) is 0 Å². The van der Waals surface area contributed by atoms with Crippen molar-refractivity contribution in [3.8, 4) is 0 Å². The van der Waals surface area contributed by atoms with Crippen LogP contribution in [0.1, 0.15) is 29.7 Å². The summed E-state index contributed by atoms with van der Waals surface area (Å²) in [5, 5.41) is 3.39. The number of rotatable bonds is 4. The van der Waals surface area contributed by atoms with Gasteiger partial charge in [-0.1, -0.05) is 22.9 Å². The van der Waals surface area contributed by atoms with Crippen molar-refractivity contribution in [3.05, 3.63) is 63.6 Å². The minimum atomic E-state index is -0.234. The lowest BCUT2D eigenvalue weighted by atomic mass is 9.96. The van der Waals surface area contributed by atoms with E-state index in [1.165, 1.54) is 6.07 Å². The van der Waals surface area contributed by atoms with Gasteiger partial charge in [-0.3, -0.25) is 4.98 Å². The first-order chi connectivity index (χ1) is 9.13. The first-order valence-electron chi connectivity index (χ1n) is 6.22. The lowest BCUT2D eigenvalue weighted by Gasteiger charge is -2.21. The Labute approximate surface area is 121 Å². The summed E-state index contributed by atoms with van der Waals surface area (Å²) in [5.41, 5.74) is 3.09. The predicted octanol–water partition coefficient (Wildman–Crippen LogP) is 3.99. The zero-order valence-electron chi connectivity index (χ0n) is 11.0. The maximum Gasteiger partial charge on any atom is 0.123 e. The molecule has 4 heteroatoms. The molecule has 0 aliphatic heterocycles. The first-order valence-corrected chi connectivity index (χ1v) is 7.01. The van der Waals surface area contributed by atoms with Gasteiger partial charge in [-0.2, -0.15) is 0 Å². The molecule has 0 fully saturated rings. The van der Waals surface area contributed by atoms with E-state index in [4.69, 9.17) is 0 Å². The van der Waals surface area contributed by atoms with Crippen molar-refractivity contribution in [2.75, 3.05) is 6.54 Å². The summed E-state index contributed by atoms with van der Waals surface area (Å²) in [4.78, 5) is 4.18. The molecule has 0 bridgehead atoms. The number of pyridine rings is 1. The van der Waals surface area contributed by atoms with Crippen LogP contribution in [0, 0.1) is 12.7 Å². The van der Waals surface area contributed by atoms with E-state index in [-0.39, 0.29) is 11.9 Å². The third kappa shape index (κ3) is 3.19. The highest BCUT2D eigenvalue weighted by Gasteiger charge is 2.18. The van der Waals surface area contributed by atoms with E-state index in [9.17, 15) is 4.39 Å². The molecule has 2 aromatic rings. The summed E-state index contributed by atoms with van der Waals surface area (Å²) in [5.74, 6) is -0.234. The Hall–Kier alpha value is -1.26. The van der Waals surface area contributed by atoms with E-state index in [0.29, 0.717) is 0 Å². The molecular formula is C15H16BrFN2. The summed E-state index contributed by atoms with van der Waals surface area (Å²) < 4.78 is 14.4. The molecule has 1 aromatic heterocycles. The molecule has 0 saturated carbocycles. The Morgan fingerprint density at radius 3 is 2.79 bits per heavy atom. The summed E-state index contributed by atoms with van der Waals surface area (Å²) in [7, 11) is 0. The molecule has 1 aromatic carbocycles. The number of aromatic nitrogens is 1. The van der Waals surface area contributed by atoms with Gasteiger partial charge in [0.2, 0.25) is 0 Å². The van der Waals surface area contributed by atoms with Gasteiger partial charge in [-0.05, 0) is 54.4 Å². The van der Waals surface area contributed by atoms with Crippen molar-refractivity contribution < 1.29 is 4.39 Å². The number of nitrogens with one attached hydrogen (secondary N) is 1. The zero-order chi connectivity index (χ0) is 13.8.